The van der Waals surface area contributed by atoms with E-state index in [0.717, 1.165) is 12.0 Å². The van der Waals surface area contributed by atoms with Crippen LogP contribution >= 0.6 is 0 Å². The number of benzene rings is 2. The molecule has 0 saturated heterocycles. The van der Waals surface area contributed by atoms with Crippen LogP contribution in [0.15, 0.2) is 36.4 Å². The summed E-state index contributed by atoms with van der Waals surface area (Å²) in [4.78, 5) is 11.0. The van der Waals surface area contributed by atoms with Gasteiger partial charge in [0, 0.05) is 0 Å². The average Bonchev–Trinajstić information content (AvgIpc) is 2.78. The van der Waals surface area contributed by atoms with Crippen molar-refractivity contribution in [1.29, 1.82) is 0 Å². The third-order valence-corrected chi connectivity index (χ3v) is 5.93. The molecule has 0 unspecified atom stereocenters. The zero-order chi connectivity index (χ0) is 20.0. The van der Waals surface area contributed by atoms with Gasteiger partial charge in [0.15, 0.2) is 0 Å². The van der Waals surface area contributed by atoms with E-state index in [0.29, 0.717) is 5.56 Å². The molecule has 27 heavy (non-hydrogen) atoms. The lowest BCUT2D eigenvalue weighted by atomic mass is 9.82. The largest absolute Gasteiger partial charge is 0.478 e. The van der Waals surface area contributed by atoms with Crippen LogP contribution < -0.4 is 0 Å². The summed E-state index contributed by atoms with van der Waals surface area (Å²) in [5.74, 6) is -0.890. The molecule has 0 saturated carbocycles. The fraction of sp³-hybridized carbons (Fsp3) is 0.400. The molecule has 2 heteroatoms. The van der Waals surface area contributed by atoms with E-state index in [9.17, 15) is 4.79 Å². The Morgan fingerprint density at radius 2 is 1.59 bits per heavy atom. The van der Waals surface area contributed by atoms with Gasteiger partial charge in [0.2, 0.25) is 0 Å². The van der Waals surface area contributed by atoms with Crippen LogP contribution in [0.2, 0.25) is 0 Å². The molecule has 2 aromatic rings. The second-order valence-corrected chi connectivity index (χ2v) is 9.11. The van der Waals surface area contributed by atoms with E-state index in [1.54, 1.807) is 12.1 Å². The molecule has 0 spiro atoms. The number of allylic oxidation sites excluding steroid dienone is 1. The van der Waals surface area contributed by atoms with Gasteiger partial charge in [-0.3, -0.25) is 0 Å². The molecular weight excluding hydrogens is 332 g/mol. The number of hydrogen-bond donors (Lipinski definition) is 1. The van der Waals surface area contributed by atoms with Crippen molar-refractivity contribution < 1.29 is 9.90 Å². The minimum Gasteiger partial charge on any atom is -0.478 e. The highest BCUT2D eigenvalue weighted by Crippen LogP contribution is 2.50. The highest BCUT2D eigenvalue weighted by Gasteiger charge is 2.42. The normalized spacial score (nSPS) is 17.6. The van der Waals surface area contributed by atoms with Crippen molar-refractivity contribution in [3.05, 3.63) is 69.8 Å². The van der Waals surface area contributed by atoms with Gasteiger partial charge in [0.25, 0.3) is 0 Å². The summed E-state index contributed by atoms with van der Waals surface area (Å²) in [6.07, 6.45) is 4.32. The standard InChI is InChI=1S/C25H30O2/c1-7-18-13-21-22(25(5,6)15-24(21,3)4)14-20(18)16(2)12-17-8-10-19(11-9-17)23(26)27/h8-14H,7,15H2,1-6H3,(H,26,27)/b16-12+. The third-order valence-electron chi connectivity index (χ3n) is 5.93. The van der Waals surface area contributed by atoms with Gasteiger partial charge in [-0.15, -0.1) is 0 Å². The summed E-state index contributed by atoms with van der Waals surface area (Å²) in [5, 5.41) is 9.07. The molecule has 2 aromatic carbocycles. The summed E-state index contributed by atoms with van der Waals surface area (Å²) >= 11 is 0. The van der Waals surface area contributed by atoms with Crippen molar-refractivity contribution in [2.24, 2.45) is 0 Å². The molecular formula is C25H30O2. The molecule has 0 heterocycles. The number of hydrogen-bond acceptors (Lipinski definition) is 1. The van der Waals surface area contributed by atoms with Crippen molar-refractivity contribution in [3.63, 3.8) is 0 Å². The van der Waals surface area contributed by atoms with Crippen molar-refractivity contribution in [3.8, 4) is 0 Å². The molecule has 1 N–H and O–H groups in total. The molecule has 0 fully saturated rings. The Hall–Kier alpha value is -2.35. The highest BCUT2D eigenvalue weighted by molar-refractivity contribution is 5.88. The number of fused-ring (bicyclic) bond motifs is 1. The molecule has 0 aromatic heterocycles. The van der Waals surface area contributed by atoms with E-state index < -0.39 is 5.97 Å². The smallest absolute Gasteiger partial charge is 0.335 e. The Bertz CT molecular complexity index is 912. The molecule has 0 aliphatic heterocycles. The maximum atomic E-state index is 11.0. The first-order chi connectivity index (χ1) is 12.5. The maximum absolute atomic E-state index is 11.0. The Balaban J connectivity index is 2.07. The van der Waals surface area contributed by atoms with E-state index in [-0.39, 0.29) is 10.8 Å². The van der Waals surface area contributed by atoms with Gasteiger partial charge in [0.05, 0.1) is 5.56 Å². The van der Waals surface area contributed by atoms with E-state index in [4.69, 9.17) is 5.11 Å². The van der Waals surface area contributed by atoms with Gasteiger partial charge in [0.1, 0.15) is 0 Å². The summed E-state index contributed by atoms with van der Waals surface area (Å²) in [7, 11) is 0. The van der Waals surface area contributed by atoms with Crippen molar-refractivity contribution in [2.45, 2.75) is 65.2 Å². The van der Waals surface area contributed by atoms with E-state index in [1.807, 2.05) is 12.1 Å². The Labute approximate surface area is 162 Å². The number of carbonyl (C=O) groups is 1. The Kier molecular flexibility index (Phi) is 4.80. The topological polar surface area (TPSA) is 37.3 Å². The molecule has 0 radical (unpaired) electrons. The number of aromatic carboxylic acids is 1. The molecule has 2 nitrogen and oxygen atoms in total. The first kappa shape index (κ1) is 19.4. The van der Waals surface area contributed by atoms with Gasteiger partial charge in [-0.2, -0.15) is 0 Å². The minimum absolute atomic E-state index is 0.184. The first-order valence-electron chi connectivity index (χ1n) is 9.75. The first-order valence-corrected chi connectivity index (χ1v) is 9.75. The monoisotopic (exact) mass is 362 g/mol. The fourth-order valence-corrected chi connectivity index (χ4v) is 4.77. The lowest BCUT2D eigenvalue weighted by molar-refractivity contribution is 0.0697. The predicted molar refractivity (Wildman–Crippen MR) is 113 cm³/mol. The van der Waals surface area contributed by atoms with Crippen molar-refractivity contribution in [2.75, 3.05) is 0 Å². The van der Waals surface area contributed by atoms with E-state index in [1.165, 1.54) is 34.2 Å². The highest BCUT2D eigenvalue weighted by atomic mass is 16.4. The molecule has 0 atom stereocenters. The number of rotatable bonds is 4. The zero-order valence-electron chi connectivity index (χ0n) is 17.3. The number of carboxylic acid groups (broad SMARTS) is 1. The van der Waals surface area contributed by atoms with Crippen LogP contribution in [0, 0.1) is 0 Å². The molecule has 3 rings (SSSR count). The molecule has 142 valence electrons. The fourth-order valence-electron chi connectivity index (χ4n) is 4.77. The van der Waals surface area contributed by atoms with Crippen LogP contribution in [0.1, 0.15) is 86.1 Å². The average molecular weight is 363 g/mol. The van der Waals surface area contributed by atoms with Gasteiger partial charge >= 0.3 is 5.97 Å². The van der Waals surface area contributed by atoms with Crippen LogP contribution in [0.25, 0.3) is 11.6 Å². The lowest BCUT2D eigenvalue weighted by Crippen LogP contribution is -2.18. The van der Waals surface area contributed by atoms with E-state index >= 15 is 0 Å². The quantitative estimate of drug-likeness (QED) is 0.633. The van der Waals surface area contributed by atoms with Crippen LogP contribution in [0.5, 0.6) is 0 Å². The molecule has 1 aliphatic carbocycles. The summed E-state index contributed by atoms with van der Waals surface area (Å²) in [6, 6.07) is 11.9. The predicted octanol–water partition coefficient (Wildman–Crippen LogP) is 6.47. The van der Waals surface area contributed by atoms with Crippen LogP contribution in [0.4, 0.5) is 0 Å². The van der Waals surface area contributed by atoms with Crippen LogP contribution in [0.3, 0.4) is 0 Å². The maximum Gasteiger partial charge on any atom is 0.335 e. The second kappa shape index (κ2) is 6.67. The van der Waals surface area contributed by atoms with Gasteiger partial charge in [-0.25, -0.2) is 4.79 Å². The van der Waals surface area contributed by atoms with Crippen LogP contribution in [-0.4, -0.2) is 11.1 Å². The summed E-state index contributed by atoms with van der Waals surface area (Å²) in [6.45, 7) is 13.8. The number of aryl methyl sites for hydroxylation is 1. The third kappa shape index (κ3) is 3.58. The van der Waals surface area contributed by atoms with Crippen LogP contribution in [-0.2, 0) is 17.3 Å². The SMILES string of the molecule is CCc1cc2c(cc1/C(C)=C/c1ccc(C(=O)O)cc1)C(C)(C)CC2(C)C. The van der Waals surface area contributed by atoms with Gasteiger partial charge < -0.3 is 5.11 Å². The lowest BCUT2D eigenvalue weighted by Gasteiger charge is -2.22. The van der Waals surface area contributed by atoms with Gasteiger partial charge in [-0.1, -0.05) is 65.0 Å². The Morgan fingerprint density at radius 3 is 2.11 bits per heavy atom. The molecule has 0 amide bonds. The zero-order valence-corrected chi connectivity index (χ0v) is 17.3. The minimum atomic E-state index is -0.890. The summed E-state index contributed by atoms with van der Waals surface area (Å²) < 4.78 is 0. The van der Waals surface area contributed by atoms with Crippen molar-refractivity contribution in [1.82, 2.24) is 0 Å². The number of carboxylic acids is 1. The van der Waals surface area contributed by atoms with E-state index in [2.05, 4.69) is 59.8 Å². The Morgan fingerprint density at radius 1 is 1.04 bits per heavy atom. The second-order valence-electron chi connectivity index (χ2n) is 9.11. The molecule has 1 aliphatic rings. The molecule has 0 bridgehead atoms. The van der Waals surface area contributed by atoms with Crippen molar-refractivity contribution >= 4 is 17.6 Å². The van der Waals surface area contributed by atoms with Gasteiger partial charge in [-0.05, 0) is 76.1 Å². The summed E-state index contributed by atoms with van der Waals surface area (Å²) in [5.41, 5.74) is 8.62.